The predicted molar refractivity (Wildman–Crippen MR) is 78.2 cm³/mol. The second-order valence-electron chi connectivity index (χ2n) is 5.42. The lowest BCUT2D eigenvalue weighted by molar-refractivity contribution is 0.0817. The van der Waals surface area contributed by atoms with Gasteiger partial charge in [-0.15, -0.1) is 11.3 Å². The number of rotatable bonds is 5. The van der Waals surface area contributed by atoms with Crippen molar-refractivity contribution in [2.24, 2.45) is 0 Å². The van der Waals surface area contributed by atoms with Crippen LogP contribution >= 0.6 is 11.3 Å². The van der Waals surface area contributed by atoms with Crippen molar-refractivity contribution in [2.45, 2.75) is 51.6 Å². The Kier molecular flexibility index (Phi) is 4.76. The molecule has 3 nitrogen and oxygen atoms in total. The average Bonchev–Trinajstić information content (AvgIpc) is 2.91. The Morgan fingerprint density at radius 2 is 2.28 bits per heavy atom. The molecule has 1 aliphatic rings. The van der Waals surface area contributed by atoms with Crippen molar-refractivity contribution in [1.82, 2.24) is 15.2 Å². The van der Waals surface area contributed by atoms with Gasteiger partial charge in [-0.1, -0.05) is 13.8 Å². The minimum Gasteiger partial charge on any atom is -0.308 e. The molecule has 0 spiro atoms. The van der Waals surface area contributed by atoms with E-state index in [9.17, 15) is 0 Å². The van der Waals surface area contributed by atoms with Gasteiger partial charge >= 0.3 is 0 Å². The Hall–Kier alpha value is -0.450. The van der Waals surface area contributed by atoms with Crippen molar-refractivity contribution in [3.8, 4) is 0 Å². The van der Waals surface area contributed by atoms with Crippen molar-refractivity contribution in [1.29, 1.82) is 0 Å². The molecule has 2 rings (SSSR count). The van der Waals surface area contributed by atoms with Gasteiger partial charge in [-0.05, 0) is 19.8 Å². The Bertz CT molecular complexity index is 346. The molecule has 1 atom stereocenters. The highest BCUT2D eigenvalue weighted by molar-refractivity contribution is 7.07. The number of hydrogen-bond acceptors (Lipinski definition) is 4. The molecule has 2 heterocycles. The molecule has 1 saturated heterocycles. The zero-order valence-corrected chi connectivity index (χ0v) is 12.6. The third-order valence-electron chi connectivity index (χ3n) is 4.39. The summed E-state index contributed by atoms with van der Waals surface area (Å²) in [5.41, 5.74) is 3.50. The molecular formula is C14H25N3S. The summed E-state index contributed by atoms with van der Waals surface area (Å²) in [5.74, 6) is 0. The molecule has 0 bridgehead atoms. The van der Waals surface area contributed by atoms with Crippen LogP contribution in [0, 0.1) is 0 Å². The maximum Gasteiger partial charge on any atom is 0.0794 e. The van der Waals surface area contributed by atoms with Crippen LogP contribution in [-0.4, -0.2) is 41.1 Å². The molecule has 1 fully saturated rings. The minimum absolute atomic E-state index is 0.328. The quantitative estimate of drug-likeness (QED) is 0.888. The van der Waals surface area contributed by atoms with Crippen molar-refractivity contribution < 1.29 is 0 Å². The number of nitrogens with zero attached hydrogens (tertiary/aromatic N) is 2. The van der Waals surface area contributed by atoms with Crippen LogP contribution in [0.4, 0.5) is 0 Å². The van der Waals surface area contributed by atoms with Crippen molar-refractivity contribution in [3.05, 3.63) is 16.6 Å². The normalized spacial score (nSPS) is 24.3. The van der Waals surface area contributed by atoms with Gasteiger partial charge in [0.15, 0.2) is 0 Å². The van der Waals surface area contributed by atoms with Gasteiger partial charge in [0.25, 0.3) is 0 Å². The molecule has 1 N–H and O–H groups in total. The lowest BCUT2D eigenvalue weighted by Gasteiger charge is -2.46. The van der Waals surface area contributed by atoms with Gasteiger partial charge in [-0.2, -0.15) is 0 Å². The zero-order chi connectivity index (χ0) is 13.0. The van der Waals surface area contributed by atoms with E-state index in [1.165, 1.54) is 25.1 Å². The third-order valence-corrected chi connectivity index (χ3v) is 5.03. The van der Waals surface area contributed by atoms with E-state index in [-0.39, 0.29) is 0 Å². The summed E-state index contributed by atoms with van der Waals surface area (Å²) in [5, 5.41) is 5.92. The summed E-state index contributed by atoms with van der Waals surface area (Å²) < 4.78 is 0. The molecule has 0 saturated carbocycles. The van der Waals surface area contributed by atoms with E-state index >= 15 is 0 Å². The lowest BCUT2D eigenvalue weighted by Crippen LogP contribution is -2.63. The Balaban J connectivity index is 1.93. The van der Waals surface area contributed by atoms with Gasteiger partial charge in [0, 0.05) is 43.0 Å². The van der Waals surface area contributed by atoms with Crippen LogP contribution in [0.3, 0.4) is 0 Å². The van der Waals surface area contributed by atoms with E-state index in [4.69, 9.17) is 0 Å². The predicted octanol–water partition coefficient (Wildman–Crippen LogP) is 2.54. The van der Waals surface area contributed by atoms with Gasteiger partial charge in [0.2, 0.25) is 0 Å². The number of hydrogen-bond donors (Lipinski definition) is 1. The second-order valence-corrected chi connectivity index (χ2v) is 6.14. The molecule has 1 aliphatic heterocycles. The molecule has 1 aromatic rings. The summed E-state index contributed by atoms with van der Waals surface area (Å²) >= 11 is 1.69. The minimum atomic E-state index is 0.328. The van der Waals surface area contributed by atoms with Gasteiger partial charge in [0.05, 0.1) is 11.2 Å². The smallest absolute Gasteiger partial charge is 0.0794 e. The highest BCUT2D eigenvalue weighted by Gasteiger charge is 2.34. The number of aromatic nitrogens is 1. The Labute approximate surface area is 115 Å². The Morgan fingerprint density at radius 1 is 1.50 bits per heavy atom. The largest absolute Gasteiger partial charge is 0.308 e. The number of nitrogens with one attached hydrogen (secondary N) is 1. The zero-order valence-electron chi connectivity index (χ0n) is 11.8. The van der Waals surface area contributed by atoms with E-state index < -0.39 is 0 Å². The fourth-order valence-corrected chi connectivity index (χ4v) is 3.33. The molecule has 0 amide bonds. The summed E-state index contributed by atoms with van der Waals surface area (Å²) in [7, 11) is 0. The van der Waals surface area contributed by atoms with Crippen LogP contribution in [0.15, 0.2) is 10.9 Å². The molecule has 1 unspecified atom stereocenters. The molecule has 0 aliphatic carbocycles. The molecule has 4 heteroatoms. The summed E-state index contributed by atoms with van der Waals surface area (Å²) in [6.07, 6.45) is 3.50. The second kappa shape index (κ2) is 6.13. The molecule has 102 valence electrons. The van der Waals surface area contributed by atoms with E-state index in [0.717, 1.165) is 19.5 Å². The van der Waals surface area contributed by atoms with E-state index in [2.05, 4.69) is 41.4 Å². The van der Waals surface area contributed by atoms with Crippen LogP contribution in [0.5, 0.6) is 0 Å². The number of piperazine rings is 1. The van der Waals surface area contributed by atoms with Crippen molar-refractivity contribution in [3.63, 3.8) is 0 Å². The summed E-state index contributed by atoms with van der Waals surface area (Å²) in [4.78, 5) is 7.01. The average molecular weight is 267 g/mol. The summed E-state index contributed by atoms with van der Waals surface area (Å²) in [6, 6.07) is 0.634. The van der Waals surface area contributed by atoms with Crippen LogP contribution in [0.25, 0.3) is 0 Å². The van der Waals surface area contributed by atoms with Crippen LogP contribution in [0.1, 0.15) is 39.3 Å². The van der Waals surface area contributed by atoms with Gasteiger partial charge < -0.3 is 5.32 Å². The van der Waals surface area contributed by atoms with E-state index in [1.54, 1.807) is 11.3 Å². The monoisotopic (exact) mass is 267 g/mol. The van der Waals surface area contributed by atoms with Gasteiger partial charge in [0.1, 0.15) is 0 Å². The van der Waals surface area contributed by atoms with Gasteiger partial charge in [-0.3, -0.25) is 4.90 Å². The summed E-state index contributed by atoms with van der Waals surface area (Å²) in [6.45, 7) is 10.3. The highest BCUT2D eigenvalue weighted by Crippen LogP contribution is 2.22. The first-order valence-electron chi connectivity index (χ1n) is 7.05. The lowest BCUT2D eigenvalue weighted by atomic mass is 9.88. The molecule has 0 aromatic carbocycles. The number of thiazole rings is 1. The third kappa shape index (κ3) is 3.11. The molecule has 18 heavy (non-hydrogen) atoms. The van der Waals surface area contributed by atoms with Crippen LogP contribution < -0.4 is 5.32 Å². The van der Waals surface area contributed by atoms with Crippen molar-refractivity contribution >= 4 is 11.3 Å². The fraction of sp³-hybridized carbons (Fsp3) is 0.786. The topological polar surface area (TPSA) is 28.2 Å². The Morgan fingerprint density at radius 3 is 2.89 bits per heavy atom. The van der Waals surface area contributed by atoms with Crippen LogP contribution in [0.2, 0.25) is 0 Å². The van der Waals surface area contributed by atoms with Gasteiger partial charge in [-0.25, -0.2) is 4.98 Å². The maximum absolute atomic E-state index is 4.38. The maximum atomic E-state index is 4.38. The van der Waals surface area contributed by atoms with E-state index in [1.807, 2.05) is 5.51 Å². The highest BCUT2D eigenvalue weighted by atomic mass is 32.1. The first-order valence-corrected chi connectivity index (χ1v) is 7.99. The molecule has 0 radical (unpaired) electrons. The first kappa shape index (κ1) is 14.0. The molecular weight excluding hydrogens is 242 g/mol. The van der Waals surface area contributed by atoms with E-state index in [0.29, 0.717) is 11.6 Å². The standard InChI is InChI=1S/C14H25N3S/c1-4-14(5-2)10-17(12(3)8-16-14)7-6-13-9-18-11-15-13/h9,11-12,16H,4-8,10H2,1-3H3. The SMILES string of the molecule is CCC1(CC)CN(CCc2cscn2)C(C)CN1. The van der Waals surface area contributed by atoms with Crippen molar-refractivity contribution in [2.75, 3.05) is 19.6 Å². The first-order chi connectivity index (χ1) is 8.69. The fourth-order valence-electron chi connectivity index (χ4n) is 2.74. The van der Waals surface area contributed by atoms with Crippen LogP contribution in [-0.2, 0) is 6.42 Å². The molecule has 1 aromatic heterocycles.